The Kier molecular flexibility index (Phi) is 5.89. The maximum atomic E-state index is 12.2. The van der Waals surface area contributed by atoms with Crippen molar-refractivity contribution in [1.82, 2.24) is 20.4 Å². The zero-order valence-corrected chi connectivity index (χ0v) is 16.3. The largest absolute Gasteiger partial charge is 0.350 e. The number of nitrogens with zero attached hydrogens (tertiary/aromatic N) is 2. The average Bonchev–Trinajstić information content (AvgIpc) is 2.98. The van der Waals surface area contributed by atoms with Crippen molar-refractivity contribution in [3.8, 4) is 5.69 Å². The number of nitrogens with one attached hydrogen (secondary N) is 2. The van der Waals surface area contributed by atoms with Crippen LogP contribution in [0.25, 0.3) is 5.69 Å². The summed E-state index contributed by atoms with van der Waals surface area (Å²) >= 11 is 0. The van der Waals surface area contributed by atoms with Crippen LogP contribution in [0, 0.1) is 20.8 Å². The molecule has 144 valence electrons. The van der Waals surface area contributed by atoms with Gasteiger partial charge in [-0.05, 0) is 45.0 Å². The molecule has 3 rings (SSSR count). The first-order chi connectivity index (χ1) is 13.5. The number of para-hydroxylation sites is 1. The molecule has 28 heavy (non-hydrogen) atoms. The summed E-state index contributed by atoms with van der Waals surface area (Å²) in [4.78, 5) is 24.3. The quantitative estimate of drug-likeness (QED) is 0.695. The molecule has 1 heterocycles. The number of carbonyl (C=O) groups is 2. The van der Waals surface area contributed by atoms with E-state index >= 15 is 0 Å². The normalized spacial score (nSPS) is 10.5. The van der Waals surface area contributed by atoms with Gasteiger partial charge in [-0.2, -0.15) is 5.10 Å². The first-order valence-corrected chi connectivity index (χ1v) is 9.18. The van der Waals surface area contributed by atoms with Crippen LogP contribution in [0.5, 0.6) is 0 Å². The molecule has 0 spiro atoms. The van der Waals surface area contributed by atoms with Crippen molar-refractivity contribution in [2.45, 2.75) is 27.3 Å². The molecule has 6 nitrogen and oxygen atoms in total. The van der Waals surface area contributed by atoms with Gasteiger partial charge in [0.05, 0.1) is 17.9 Å². The maximum Gasteiger partial charge on any atom is 0.251 e. The van der Waals surface area contributed by atoms with Crippen LogP contribution in [0.3, 0.4) is 0 Å². The van der Waals surface area contributed by atoms with E-state index in [1.54, 1.807) is 12.1 Å². The third-order valence-corrected chi connectivity index (χ3v) is 4.59. The van der Waals surface area contributed by atoms with Crippen molar-refractivity contribution in [3.63, 3.8) is 0 Å². The predicted octanol–water partition coefficient (Wildman–Crippen LogP) is 2.84. The molecule has 0 aliphatic heterocycles. The van der Waals surface area contributed by atoms with E-state index in [0.29, 0.717) is 12.1 Å². The summed E-state index contributed by atoms with van der Waals surface area (Å²) in [6, 6.07) is 17.1. The number of hydrogen-bond acceptors (Lipinski definition) is 3. The Morgan fingerprint density at radius 2 is 1.71 bits per heavy atom. The highest BCUT2D eigenvalue weighted by molar-refractivity contribution is 5.96. The van der Waals surface area contributed by atoms with Gasteiger partial charge in [0, 0.05) is 23.4 Å². The molecule has 0 radical (unpaired) electrons. The number of carbonyl (C=O) groups excluding carboxylic acids is 2. The topological polar surface area (TPSA) is 76.0 Å². The molecule has 2 N–H and O–H groups in total. The Balaban J connectivity index is 1.58. The van der Waals surface area contributed by atoms with E-state index in [2.05, 4.69) is 15.7 Å². The van der Waals surface area contributed by atoms with Gasteiger partial charge < -0.3 is 10.6 Å². The minimum atomic E-state index is -0.261. The summed E-state index contributed by atoms with van der Waals surface area (Å²) in [6.45, 7) is 6.12. The number of amides is 2. The number of rotatable bonds is 6. The average molecular weight is 376 g/mol. The summed E-state index contributed by atoms with van der Waals surface area (Å²) in [5.41, 5.74) is 5.34. The Morgan fingerprint density at radius 1 is 0.964 bits per heavy atom. The van der Waals surface area contributed by atoms with Gasteiger partial charge in [0.15, 0.2) is 0 Å². The summed E-state index contributed by atoms with van der Waals surface area (Å²) in [6.07, 6.45) is 0. The van der Waals surface area contributed by atoms with Crippen LogP contribution in [-0.2, 0) is 11.3 Å². The highest BCUT2D eigenvalue weighted by atomic mass is 16.2. The highest BCUT2D eigenvalue weighted by Gasteiger charge is 2.14. The maximum absolute atomic E-state index is 12.2. The minimum Gasteiger partial charge on any atom is -0.350 e. The van der Waals surface area contributed by atoms with Crippen molar-refractivity contribution in [2.75, 3.05) is 6.54 Å². The van der Waals surface area contributed by atoms with E-state index in [0.717, 1.165) is 28.2 Å². The zero-order chi connectivity index (χ0) is 20.1. The van der Waals surface area contributed by atoms with Crippen LogP contribution < -0.4 is 10.6 Å². The predicted molar refractivity (Wildman–Crippen MR) is 108 cm³/mol. The van der Waals surface area contributed by atoms with Gasteiger partial charge in [0.25, 0.3) is 5.91 Å². The van der Waals surface area contributed by atoms with E-state index in [1.165, 1.54) is 0 Å². The second-order valence-electron chi connectivity index (χ2n) is 6.73. The molecular weight excluding hydrogens is 352 g/mol. The van der Waals surface area contributed by atoms with Crippen molar-refractivity contribution in [2.24, 2.45) is 0 Å². The van der Waals surface area contributed by atoms with Gasteiger partial charge >= 0.3 is 0 Å². The van der Waals surface area contributed by atoms with Gasteiger partial charge in [-0.25, -0.2) is 4.68 Å². The van der Waals surface area contributed by atoms with Gasteiger partial charge in [0.1, 0.15) is 0 Å². The smallest absolute Gasteiger partial charge is 0.251 e. The van der Waals surface area contributed by atoms with E-state index in [4.69, 9.17) is 0 Å². The van der Waals surface area contributed by atoms with Crippen LogP contribution in [0.4, 0.5) is 0 Å². The first kappa shape index (κ1) is 19.4. The summed E-state index contributed by atoms with van der Waals surface area (Å²) in [5.74, 6) is -0.504. The zero-order valence-electron chi connectivity index (χ0n) is 16.3. The third kappa shape index (κ3) is 4.46. The van der Waals surface area contributed by atoms with Gasteiger partial charge in [0.2, 0.25) is 5.91 Å². The molecule has 0 aliphatic rings. The van der Waals surface area contributed by atoms with Crippen molar-refractivity contribution in [3.05, 3.63) is 82.7 Å². The minimum absolute atomic E-state index is 0.0717. The Morgan fingerprint density at radius 3 is 2.43 bits per heavy atom. The molecule has 0 aliphatic carbocycles. The van der Waals surface area contributed by atoms with Crippen molar-refractivity contribution < 1.29 is 9.59 Å². The number of hydrogen-bond donors (Lipinski definition) is 2. The van der Waals surface area contributed by atoms with E-state index in [1.807, 2.05) is 67.9 Å². The lowest BCUT2D eigenvalue weighted by atomic mass is 10.1. The number of aryl methyl sites for hydroxylation is 2. The van der Waals surface area contributed by atoms with E-state index in [9.17, 15) is 9.59 Å². The molecule has 2 amide bonds. The molecule has 0 saturated carbocycles. The number of benzene rings is 2. The molecule has 0 atom stereocenters. The van der Waals surface area contributed by atoms with Crippen LogP contribution in [0.1, 0.15) is 32.9 Å². The van der Waals surface area contributed by atoms with E-state index in [-0.39, 0.29) is 18.4 Å². The molecule has 1 aromatic heterocycles. The first-order valence-electron chi connectivity index (χ1n) is 9.18. The standard InChI is InChI=1S/C22H24N4O2/c1-15-8-7-9-18(12-15)22(28)24-14-21(27)23-13-20-16(2)25-26(17(20)3)19-10-5-4-6-11-19/h4-12H,13-14H2,1-3H3,(H,23,27)(H,24,28). The molecule has 6 heteroatoms. The van der Waals surface area contributed by atoms with Crippen LogP contribution in [-0.4, -0.2) is 28.1 Å². The molecule has 2 aromatic carbocycles. The fraction of sp³-hybridized carbons (Fsp3) is 0.227. The molecule has 0 bridgehead atoms. The second kappa shape index (κ2) is 8.52. The van der Waals surface area contributed by atoms with Crippen LogP contribution in [0.2, 0.25) is 0 Å². The van der Waals surface area contributed by atoms with Crippen LogP contribution >= 0.6 is 0 Å². The summed E-state index contributed by atoms with van der Waals surface area (Å²) in [7, 11) is 0. The molecule has 0 saturated heterocycles. The summed E-state index contributed by atoms with van der Waals surface area (Å²) in [5, 5.41) is 10.1. The fourth-order valence-corrected chi connectivity index (χ4v) is 3.05. The Labute approximate surface area is 164 Å². The third-order valence-electron chi connectivity index (χ3n) is 4.59. The van der Waals surface area contributed by atoms with Crippen molar-refractivity contribution >= 4 is 11.8 Å². The lowest BCUT2D eigenvalue weighted by Gasteiger charge is -2.08. The summed E-state index contributed by atoms with van der Waals surface area (Å²) < 4.78 is 1.87. The monoisotopic (exact) mass is 376 g/mol. The SMILES string of the molecule is Cc1cccc(C(=O)NCC(=O)NCc2c(C)nn(-c3ccccc3)c2C)c1. The van der Waals surface area contributed by atoms with Crippen molar-refractivity contribution in [1.29, 1.82) is 0 Å². The molecule has 0 fully saturated rings. The lowest BCUT2D eigenvalue weighted by molar-refractivity contribution is -0.120. The highest BCUT2D eigenvalue weighted by Crippen LogP contribution is 2.17. The van der Waals surface area contributed by atoms with Gasteiger partial charge in [-0.1, -0.05) is 35.9 Å². The second-order valence-corrected chi connectivity index (χ2v) is 6.73. The van der Waals surface area contributed by atoms with Crippen LogP contribution in [0.15, 0.2) is 54.6 Å². The van der Waals surface area contributed by atoms with Gasteiger partial charge in [-0.15, -0.1) is 0 Å². The molecular formula is C22H24N4O2. The molecule has 0 unspecified atom stereocenters. The van der Waals surface area contributed by atoms with E-state index < -0.39 is 0 Å². The lowest BCUT2D eigenvalue weighted by Crippen LogP contribution is -2.36. The Bertz CT molecular complexity index is 993. The number of aromatic nitrogens is 2. The Hall–Kier alpha value is -3.41. The van der Waals surface area contributed by atoms with Gasteiger partial charge in [-0.3, -0.25) is 9.59 Å². The fourth-order valence-electron chi connectivity index (χ4n) is 3.05. The molecule has 3 aromatic rings.